The molecular weight excluding hydrogens is 577 g/mol. The van der Waals surface area contributed by atoms with Gasteiger partial charge in [0, 0.05) is 25.2 Å². The fourth-order valence-corrected chi connectivity index (χ4v) is 4.47. The highest BCUT2D eigenvalue weighted by atomic mass is 19.1. The number of anilines is 2. The standard InChI is InChI=1S/C29H24FN7O7/c1-13-6-15(28(43)44)3-4-16(13)10-34-26(41)19-8-20(37-21(38)12-35-29(37)36-19)27(42)33-9-14-2-5-18(30)17(7-14)11-32-23-22(31)24(39)25(23)40/h2-8,12,32,38H,9-11,31H2,1H3,(H,33,42)(H,34,41)(H,43,44). The first kappa shape index (κ1) is 29.4. The maximum atomic E-state index is 14.4. The predicted molar refractivity (Wildman–Crippen MR) is 155 cm³/mol. The van der Waals surface area contributed by atoms with Crippen LogP contribution in [0.4, 0.5) is 15.8 Å². The number of nitrogens with zero attached hydrogens (tertiary/aromatic N) is 3. The number of aromatic nitrogens is 3. The van der Waals surface area contributed by atoms with Crippen LogP contribution in [0.25, 0.3) is 5.78 Å². The second-order valence-electron chi connectivity index (χ2n) is 9.82. The number of aromatic carboxylic acids is 1. The molecule has 0 spiro atoms. The molecule has 2 heterocycles. The Hall–Kier alpha value is -6.12. The molecule has 15 heteroatoms. The molecule has 0 aliphatic heterocycles. The molecule has 2 aromatic heterocycles. The number of imidazole rings is 1. The van der Waals surface area contributed by atoms with Crippen LogP contribution in [0.3, 0.4) is 0 Å². The number of nitrogen functional groups attached to an aromatic ring is 1. The van der Waals surface area contributed by atoms with E-state index in [0.29, 0.717) is 16.7 Å². The summed E-state index contributed by atoms with van der Waals surface area (Å²) in [5, 5.41) is 27.4. The Morgan fingerprint density at radius 2 is 1.70 bits per heavy atom. The third-order valence-corrected chi connectivity index (χ3v) is 6.92. The van der Waals surface area contributed by atoms with Gasteiger partial charge in [-0.2, -0.15) is 0 Å². The highest BCUT2D eigenvalue weighted by molar-refractivity contribution is 5.98. The van der Waals surface area contributed by atoms with Crippen molar-refractivity contribution in [2.45, 2.75) is 26.6 Å². The van der Waals surface area contributed by atoms with Crippen molar-refractivity contribution in [2.24, 2.45) is 0 Å². The molecule has 0 aliphatic rings. The Labute approximate surface area is 246 Å². The second kappa shape index (κ2) is 11.6. The van der Waals surface area contributed by atoms with Crippen LogP contribution in [0.2, 0.25) is 0 Å². The van der Waals surface area contributed by atoms with Crippen LogP contribution in [0, 0.1) is 12.7 Å². The Kier molecular flexibility index (Phi) is 7.77. The molecular formula is C29H24FN7O7. The van der Waals surface area contributed by atoms with E-state index in [9.17, 15) is 33.5 Å². The van der Waals surface area contributed by atoms with Gasteiger partial charge in [0.2, 0.25) is 11.7 Å². The van der Waals surface area contributed by atoms with E-state index < -0.39 is 40.3 Å². The Bertz CT molecular complexity index is 2050. The van der Waals surface area contributed by atoms with E-state index in [1.54, 1.807) is 13.0 Å². The molecule has 7 N–H and O–H groups in total. The Morgan fingerprint density at radius 3 is 2.41 bits per heavy atom. The number of nitrogens with one attached hydrogen (secondary N) is 3. The number of hydrogen-bond acceptors (Lipinski definition) is 10. The number of hydrogen-bond donors (Lipinski definition) is 6. The zero-order valence-electron chi connectivity index (χ0n) is 23.0. The fraction of sp³-hybridized carbons (Fsp3) is 0.138. The topological polar surface area (TPSA) is 218 Å². The number of carbonyl (C=O) groups is 3. The smallest absolute Gasteiger partial charge is 0.335 e. The largest absolute Gasteiger partial charge is 0.493 e. The number of fused-ring (bicyclic) bond motifs is 1. The van der Waals surface area contributed by atoms with Gasteiger partial charge in [-0.05, 0) is 53.9 Å². The van der Waals surface area contributed by atoms with Crippen LogP contribution in [0.1, 0.15) is 53.6 Å². The monoisotopic (exact) mass is 601 g/mol. The summed E-state index contributed by atoms with van der Waals surface area (Å²) in [5.74, 6) is -3.53. The van der Waals surface area contributed by atoms with E-state index in [1.807, 2.05) is 0 Å². The fourth-order valence-electron chi connectivity index (χ4n) is 4.47. The molecule has 44 heavy (non-hydrogen) atoms. The van der Waals surface area contributed by atoms with E-state index >= 15 is 0 Å². The van der Waals surface area contributed by atoms with Gasteiger partial charge >= 0.3 is 5.97 Å². The van der Waals surface area contributed by atoms with Crippen molar-refractivity contribution in [1.82, 2.24) is 25.0 Å². The van der Waals surface area contributed by atoms with Crippen molar-refractivity contribution in [3.8, 4) is 5.88 Å². The average molecular weight is 602 g/mol. The van der Waals surface area contributed by atoms with Crippen LogP contribution in [0.5, 0.6) is 5.88 Å². The molecule has 0 atom stereocenters. The summed E-state index contributed by atoms with van der Waals surface area (Å²) >= 11 is 0. The molecule has 14 nitrogen and oxygen atoms in total. The molecule has 3 aromatic carbocycles. The van der Waals surface area contributed by atoms with E-state index in [1.165, 1.54) is 36.4 Å². The Morgan fingerprint density at radius 1 is 0.955 bits per heavy atom. The number of benzene rings is 2. The van der Waals surface area contributed by atoms with Crippen LogP contribution in [-0.4, -0.2) is 42.4 Å². The zero-order valence-corrected chi connectivity index (χ0v) is 23.0. The van der Waals surface area contributed by atoms with Crippen LogP contribution < -0.4 is 32.5 Å². The number of halogens is 1. The molecule has 0 fully saturated rings. The minimum atomic E-state index is -1.07. The molecule has 5 aromatic rings. The molecule has 224 valence electrons. The van der Waals surface area contributed by atoms with Crippen molar-refractivity contribution in [1.29, 1.82) is 0 Å². The third kappa shape index (κ3) is 5.65. The van der Waals surface area contributed by atoms with E-state index in [-0.39, 0.29) is 59.3 Å². The van der Waals surface area contributed by atoms with E-state index in [4.69, 9.17) is 10.8 Å². The van der Waals surface area contributed by atoms with Crippen molar-refractivity contribution < 1.29 is 29.0 Å². The van der Waals surface area contributed by atoms with Crippen LogP contribution in [0.15, 0.2) is 58.3 Å². The number of nitrogens with two attached hydrogens (primary N) is 1. The first-order valence-electron chi connectivity index (χ1n) is 13.0. The molecule has 5 rings (SSSR count). The van der Waals surface area contributed by atoms with E-state index in [0.717, 1.165) is 10.6 Å². The summed E-state index contributed by atoms with van der Waals surface area (Å²) in [6.45, 7) is 1.54. The normalized spacial score (nSPS) is 11.0. The number of carbonyl (C=O) groups excluding carboxylic acids is 2. The second-order valence-corrected chi connectivity index (χ2v) is 9.82. The summed E-state index contributed by atoms with van der Waals surface area (Å²) in [5.41, 5.74) is 5.35. The molecule has 0 bridgehead atoms. The van der Waals surface area contributed by atoms with Gasteiger partial charge in [0.1, 0.15) is 28.6 Å². The lowest BCUT2D eigenvalue weighted by molar-refractivity contribution is 0.0696. The summed E-state index contributed by atoms with van der Waals surface area (Å²) in [7, 11) is 0. The predicted octanol–water partition coefficient (Wildman–Crippen LogP) is 1.23. The summed E-state index contributed by atoms with van der Waals surface area (Å²) in [6.07, 6.45) is 1.07. The third-order valence-electron chi connectivity index (χ3n) is 6.92. The molecule has 0 radical (unpaired) electrons. The highest BCUT2D eigenvalue weighted by Crippen LogP contribution is 2.18. The minimum Gasteiger partial charge on any atom is -0.493 e. The van der Waals surface area contributed by atoms with Gasteiger partial charge in [-0.25, -0.2) is 23.6 Å². The first-order valence-corrected chi connectivity index (χ1v) is 13.0. The average Bonchev–Trinajstić information content (AvgIpc) is 3.39. The van der Waals surface area contributed by atoms with Gasteiger partial charge in [0.15, 0.2) is 0 Å². The van der Waals surface area contributed by atoms with Crippen LogP contribution in [-0.2, 0) is 19.6 Å². The lowest BCUT2D eigenvalue weighted by Gasteiger charge is -2.13. The summed E-state index contributed by atoms with van der Waals surface area (Å²) in [4.78, 5) is 68.4. The first-order chi connectivity index (χ1) is 20.9. The van der Waals surface area contributed by atoms with Crippen molar-refractivity contribution in [2.75, 3.05) is 11.1 Å². The Balaban J connectivity index is 1.30. The molecule has 0 saturated carbocycles. The van der Waals surface area contributed by atoms with Gasteiger partial charge in [-0.3, -0.25) is 19.2 Å². The van der Waals surface area contributed by atoms with Gasteiger partial charge in [-0.1, -0.05) is 12.1 Å². The van der Waals surface area contributed by atoms with E-state index in [2.05, 4.69) is 25.9 Å². The van der Waals surface area contributed by atoms with Gasteiger partial charge in [0.05, 0.1) is 11.8 Å². The lowest BCUT2D eigenvalue weighted by Crippen LogP contribution is -2.37. The van der Waals surface area contributed by atoms with Crippen LogP contribution >= 0.6 is 0 Å². The summed E-state index contributed by atoms with van der Waals surface area (Å²) < 4.78 is 15.4. The zero-order chi connectivity index (χ0) is 31.7. The number of carboxylic acids is 1. The SMILES string of the molecule is Cc1cc(C(=O)O)ccc1CNC(=O)c1cc(C(=O)NCc2ccc(F)c(CNc3c(N)c(=O)c3=O)c2)n2c(O)cnc2n1. The number of rotatable bonds is 10. The number of amides is 2. The molecule has 0 saturated heterocycles. The van der Waals surface area contributed by atoms with Crippen molar-refractivity contribution >= 4 is 34.9 Å². The van der Waals surface area contributed by atoms with Crippen molar-refractivity contribution in [3.05, 3.63) is 114 Å². The van der Waals surface area contributed by atoms with Gasteiger partial charge < -0.3 is 31.9 Å². The number of aryl methyl sites for hydroxylation is 1. The number of carboxylic acid groups (broad SMARTS) is 1. The van der Waals surface area contributed by atoms with Gasteiger partial charge in [0.25, 0.3) is 22.7 Å². The van der Waals surface area contributed by atoms with Crippen molar-refractivity contribution in [3.63, 3.8) is 0 Å². The molecule has 0 unspecified atom stereocenters. The maximum Gasteiger partial charge on any atom is 0.335 e. The quantitative estimate of drug-likeness (QED) is 0.125. The minimum absolute atomic E-state index is 0.0503. The lowest BCUT2D eigenvalue weighted by atomic mass is 10.1. The highest BCUT2D eigenvalue weighted by Gasteiger charge is 2.21. The maximum absolute atomic E-state index is 14.4. The van der Waals surface area contributed by atoms with Gasteiger partial charge in [-0.15, -0.1) is 0 Å². The molecule has 0 aliphatic carbocycles. The summed E-state index contributed by atoms with van der Waals surface area (Å²) in [6, 6.07) is 9.72. The molecule has 2 amide bonds. The number of aromatic hydroxyl groups is 1.